The van der Waals surface area contributed by atoms with Gasteiger partial charge >= 0.3 is 0 Å². The van der Waals surface area contributed by atoms with E-state index in [4.69, 9.17) is 9.47 Å². The van der Waals surface area contributed by atoms with Crippen LogP contribution in [0.4, 0.5) is 5.69 Å². The van der Waals surface area contributed by atoms with E-state index in [0.717, 1.165) is 17.2 Å². The number of fused-ring (bicyclic) bond motifs is 1. The van der Waals surface area contributed by atoms with Crippen molar-refractivity contribution in [2.24, 2.45) is 0 Å². The van der Waals surface area contributed by atoms with Crippen molar-refractivity contribution in [3.63, 3.8) is 0 Å². The number of para-hydroxylation sites is 2. The van der Waals surface area contributed by atoms with E-state index in [9.17, 15) is 4.79 Å². The van der Waals surface area contributed by atoms with Gasteiger partial charge in [0.2, 0.25) is 5.91 Å². The molecule has 1 heterocycles. The molecular formula is C19H21NO3. The fourth-order valence-electron chi connectivity index (χ4n) is 2.54. The molecule has 0 fully saturated rings. The Morgan fingerprint density at radius 2 is 1.91 bits per heavy atom. The van der Waals surface area contributed by atoms with Crippen LogP contribution < -0.4 is 14.8 Å². The monoisotopic (exact) mass is 311 g/mol. The number of benzene rings is 2. The van der Waals surface area contributed by atoms with Crippen LogP contribution in [0.15, 0.2) is 42.5 Å². The van der Waals surface area contributed by atoms with E-state index in [1.807, 2.05) is 49.4 Å². The second-order valence-corrected chi connectivity index (χ2v) is 5.88. The van der Waals surface area contributed by atoms with Crippen molar-refractivity contribution in [2.75, 3.05) is 11.9 Å². The molecule has 3 rings (SSSR count). The Hall–Kier alpha value is -2.49. The SMILES string of the molecule is Cc1ccc(NC(=O)CC[C@@H]2COc3ccccc3O2)cc1C. The van der Waals surface area contributed by atoms with E-state index in [2.05, 4.69) is 12.2 Å². The van der Waals surface area contributed by atoms with Gasteiger partial charge in [0.1, 0.15) is 12.7 Å². The minimum Gasteiger partial charge on any atom is -0.486 e. The first-order valence-electron chi connectivity index (χ1n) is 7.87. The predicted octanol–water partition coefficient (Wildman–Crippen LogP) is 3.86. The van der Waals surface area contributed by atoms with Gasteiger partial charge in [-0.15, -0.1) is 0 Å². The van der Waals surface area contributed by atoms with Gasteiger partial charge in [-0.05, 0) is 55.7 Å². The van der Waals surface area contributed by atoms with Crippen LogP contribution in [0.5, 0.6) is 11.5 Å². The summed E-state index contributed by atoms with van der Waals surface area (Å²) in [5.41, 5.74) is 3.22. The first kappa shape index (κ1) is 15.4. The average Bonchev–Trinajstić information content (AvgIpc) is 2.56. The van der Waals surface area contributed by atoms with E-state index in [1.54, 1.807) is 0 Å². The number of ether oxygens (including phenoxy) is 2. The first-order valence-corrected chi connectivity index (χ1v) is 7.87. The van der Waals surface area contributed by atoms with Crippen LogP contribution in [-0.2, 0) is 4.79 Å². The molecule has 0 aliphatic carbocycles. The molecule has 1 N–H and O–H groups in total. The molecule has 0 spiro atoms. The van der Waals surface area contributed by atoms with Crippen molar-refractivity contribution in [2.45, 2.75) is 32.8 Å². The lowest BCUT2D eigenvalue weighted by atomic mass is 10.1. The molecule has 0 unspecified atom stereocenters. The molecule has 0 radical (unpaired) electrons. The quantitative estimate of drug-likeness (QED) is 0.932. The molecule has 1 aliphatic rings. The van der Waals surface area contributed by atoms with Crippen LogP contribution >= 0.6 is 0 Å². The second-order valence-electron chi connectivity index (χ2n) is 5.88. The molecule has 1 amide bonds. The zero-order chi connectivity index (χ0) is 16.2. The lowest BCUT2D eigenvalue weighted by Gasteiger charge is -2.26. The Labute approximate surface area is 136 Å². The van der Waals surface area contributed by atoms with Crippen LogP contribution in [0.25, 0.3) is 0 Å². The van der Waals surface area contributed by atoms with E-state index >= 15 is 0 Å². The molecule has 0 aromatic heterocycles. The maximum atomic E-state index is 12.1. The fourth-order valence-corrected chi connectivity index (χ4v) is 2.54. The summed E-state index contributed by atoms with van der Waals surface area (Å²) in [5.74, 6) is 1.51. The standard InChI is InChI=1S/C19H21NO3/c1-13-7-8-15(11-14(13)2)20-19(21)10-9-16-12-22-17-5-3-4-6-18(17)23-16/h3-8,11,16H,9-10,12H2,1-2H3,(H,20,21)/t16-/m1/s1. The van der Waals surface area contributed by atoms with Crippen LogP contribution in [0, 0.1) is 13.8 Å². The molecular weight excluding hydrogens is 290 g/mol. The highest BCUT2D eigenvalue weighted by Crippen LogP contribution is 2.31. The molecule has 4 heteroatoms. The molecule has 0 saturated carbocycles. The van der Waals surface area contributed by atoms with Gasteiger partial charge in [-0.2, -0.15) is 0 Å². The minimum absolute atomic E-state index is 0.00397. The molecule has 0 bridgehead atoms. The lowest BCUT2D eigenvalue weighted by molar-refractivity contribution is -0.116. The molecule has 0 saturated heterocycles. The van der Waals surface area contributed by atoms with Gasteiger partial charge in [-0.3, -0.25) is 4.79 Å². The maximum absolute atomic E-state index is 12.1. The van der Waals surface area contributed by atoms with Crippen molar-refractivity contribution >= 4 is 11.6 Å². The van der Waals surface area contributed by atoms with E-state index in [0.29, 0.717) is 19.4 Å². The number of rotatable bonds is 4. The number of carbonyl (C=O) groups excluding carboxylic acids is 1. The van der Waals surface area contributed by atoms with Crippen molar-refractivity contribution < 1.29 is 14.3 Å². The summed E-state index contributed by atoms with van der Waals surface area (Å²) in [4.78, 5) is 12.1. The van der Waals surface area contributed by atoms with Crippen molar-refractivity contribution in [3.8, 4) is 11.5 Å². The van der Waals surface area contributed by atoms with Crippen molar-refractivity contribution in [1.82, 2.24) is 0 Å². The molecule has 1 aliphatic heterocycles. The zero-order valence-electron chi connectivity index (χ0n) is 13.5. The molecule has 23 heavy (non-hydrogen) atoms. The van der Waals surface area contributed by atoms with Crippen molar-refractivity contribution in [3.05, 3.63) is 53.6 Å². The smallest absolute Gasteiger partial charge is 0.224 e. The zero-order valence-corrected chi connectivity index (χ0v) is 13.5. The van der Waals surface area contributed by atoms with Gasteiger partial charge in [0, 0.05) is 12.1 Å². The molecule has 120 valence electrons. The fraction of sp³-hybridized carbons (Fsp3) is 0.316. The maximum Gasteiger partial charge on any atom is 0.224 e. The topological polar surface area (TPSA) is 47.6 Å². The van der Waals surface area contributed by atoms with Crippen molar-refractivity contribution in [1.29, 1.82) is 0 Å². The third-order valence-electron chi connectivity index (χ3n) is 4.05. The normalized spacial score (nSPS) is 16.0. The molecule has 1 atom stereocenters. The number of aryl methyl sites for hydroxylation is 2. The number of hydrogen-bond donors (Lipinski definition) is 1. The van der Waals surface area contributed by atoms with Gasteiger partial charge in [0.25, 0.3) is 0 Å². The van der Waals surface area contributed by atoms with Crippen LogP contribution in [0.3, 0.4) is 0 Å². The molecule has 2 aromatic carbocycles. The third-order valence-corrected chi connectivity index (χ3v) is 4.05. The summed E-state index contributed by atoms with van der Waals surface area (Å²) in [6.45, 7) is 4.57. The first-order chi connectivity index (χ1) is 11.1. The number of anilines is 1. The summed E-state index contributed by atoms with van der Waals surface area (Å²) in [7, 11) is 0. The highest BCUT2D eigenvalue weighted by Gasteiger charge is 2.21. The summed E-state index contributed by atoms with van der Waals surface area (Å²) in [5, 5.41) is 2.93. The van der Waals surface area contributed by atoms with E-state index in [1.165, 1.54) is 11.1 Å². The second kappa shape index (κ2) is 6.73. The van der Waals surface area contributed by atoms with Gasteiger partial charge in [0.05, 0.1) is 0 Å². The lowest BCUT2D eigenvalue weighted by Crippen LogP contribution is -2.30. The third kappa shape index (κ3) is 3.83. The minimum atomic E-state index is -0.0876. The van der Waals surface area contributed by atoms with Crippen LogP contribution in [-0.4, -0.2) is 18.6 Å². The Morgan fingerprint density at radius 1 is 1.13 bits per heavy atom. The van der Waals surface area contributed by atoms with Gasteiger partial charge in [0.15, 0.2) is 11.5 Å². The van der Waals surface area contributed by atoms with Gasteiger partial charge in [-0.1, -0.05) is 18.2 Å². The highest BCUT2D eigenvalue weighted by molar-refractivity contribution is 5.90. The number of amides is 1. The number of carbonyl (C=O) groups is 1. The molecule has 4 nitrogen and oxygen atoms in total. The summed E-state index contributed by atoms with van der Waals surface area (Å²) < 4.78 is 11.5. The van der Waals surface area contributed by atoms with Crippen LogP contribution in [0.1, 0.15) is 24.0 Å². The largest absolute Gasteiger partial charge is 0.486 e. The molecule has 2 aromatic rings. The highest BCUT2D eigenvalue weighted by atomic mass is 16.6. The number of nitrogens with one attached hydrogen (secondary N) is 1. The Bertz CT molecular complexity index is 712. The number of hydrogen-bond acceptors (Lipinski definition) is 3. The average molecular weight is 311 g/mol. The van der Waals surface area contributed by atoms with E-state index in [-0.39, 0.29) is 12.0 Å². The summed E-state index contributed by atoms with van der Waals surface area (Å²) >= 11 is 0. The Kier molecular flexibility index (Phi) is 4.51. The van der Waals surface area contributed by atoms with Gasteiger partial charge < -0.3 is 14.8 Å². The summed E-state index contributed by atoms with van der Waals surface area (Å²) in [6.07, 6.45) is 0.948. The van der Waals surface area contributed by atoms with Gasteiger partial charge in [-0.25, -0.2) is 0 Å². The van der Waals surface area contributed by atoms with Crippen LogP contribution in [0.2, 0.25) is 0 Å². The van der Waals surface area contributed by atoms with E-state index < -0.39 is 0 Å². The predicted molar refractivity (Wildman–Crippen MR) is 90.1 cm³/mol. The summed E-state index contributed by atoms with van der Waals surface area (Å²) in [6, 6.07) is 13.5. The Balaban J connectivity index is 1.51. The Morgan fingerprint density at radius 3 is 2.70 bits per heavy atom.